The van der Waals surface area contributed by atoms with Crippen LogP contribution in [0.2, 0.25) is 0 Å². The van der Waals surface area contributed by atoms with Crippen LogP contribution in [-0.2, 0) is 26.9 Å². The normalized spacial score (nSPS) is 14.5. The zero-order valence-corrected chi connectivity index (χ0v) is 19.4. The highest BCUT2D eigenvalue weighted by atomic mass is 32.2. The smallest absolute Gasteiger partial charge is 0.268 e. The van der Waals surface area contributed by atoms with E-state index in [4.69, 9.17) is 14.2 Å². The Bertz CT molecular complexity index is 1270. The Balaban J connectivity index is 1.60. The predicted octanol–water partition coefficient (Wildman–Crippen LogP) is 2.70. The zero-order valence-electron chi connectivity index (χ0n) is 18.6. The average Bonchev–Trinajstić information content (AvgIpc) is 3.46. The molecular weight excluding hydrogens is 446 g/mol. The number of sulfonamides is 1. The van der Waals surface area contributed by atoms with Crippen molar-refractivity contribution in [3.05, 3.63) is 71.5 Å². The van der Waals surface area contributed by atoms with E-state index in [9.17, 15) is 13.2 Å². The molecule has 1 heterocycles. The van der Waals surface area contributed by atoms with Crippen molar-refractivity contribution in [1.29, 1.82) is 0 Å². The summed E-state index contributed by atoms with van der Waals surface area (Å²) < 4.78 is 46.3. The molecule has 0 spiro atoms. The highest BCUT2D eigenvalue weighted by molar-refractivity contribution is 7.90. The summed E-state index contributed by atoms with van der Waals surface area (Å²) in [6.07, 6.45) is 5.07. The first-order valence-electron chi connectivity index (χ1n) is 10.3. The molecule has 2 aromatic carbocycles. The van der Waals surface area contributed by atoms with Gasteiger partial charge in [-0.15, -0.1) is 0 Å². The number of carbonyl (C=O) groups excluding carboxylic acids is 1. The molecule has 10 heteroatoms. The minimum Gasteiger partial charge on any atom is -0.496 e. The molecule has 4 rings (SSSR count). The maximum atomic E-state index is 13.1. The first kappa shape index (κ1) is 22.8. The average molecular weight is 472 g/mol. The van der Waals surface area contributed by atoms with E-state index in [1.165, 1.54) is 26.4 Å². The van der Waals surface area contributed by atoms with Crippen LogP contribution in [0.3, 0.4) is 0 Å². The summed E-state index contributed by atoms with van der Waals surface area (Å²) in [6, 6.07) is 11.4. The van der Waals surface area contributed by atoms with Crippen LogP contribution in [0, 0.1) is 0 Å². The van der Waals surface area contributed by atoms with Crippen LogP contribution in [0.4, 0.5) is 0 Å². The van der Waals surface area contributed by atoms with Crippen LogP contribution in [0.15, 0.2) is 59.8 Å². The summed E-state index contributed by atoms with van der Waals surface area (Å²) in [6.45, 7) is 0.446. The summed E-state index contributed by atoms with van der Waals surface area (Å²) in [5, 5.41) is 4.16. The van der Waals surface area contributed by atoms with E-state index in [2.05, 4.69) is 9.82 Å². The van der Waals surface area contributed by atoms with Crippen LogP contribution >= 0.6 is 0 Å². The SMILES string of the molecule is COc1cc(C(=O)NS(=O)(=O)c2cc(C3(OC)CC3)ccc2OC)ccc1Cn1cccn1. The topological polar surface area (TPSA) is 109 Å². The van der Waals surface area contributed by atoms with E-state index in [0.29, 0.717) is 12.3 Å². The molecule has 0 radical (unpaired) electrons. The van der Waals surface area contributed by atoms with Crippen molar-refractivity contribution in [3.63, 3.8) is 0 Å². The van der Waals surface area contributed by atoms with Crippen molar-refractivity contribution in [3.8, 4) is 11.5 Å². The van der Waals surface area contributed by atoms with Gasteiger partial charge in [-0.05, 0) is 48.7 Å². The molecule has 3 aromatic rings. The van der Waals surface area contributed by atoms with Crippen molar-refractivity contribution >= 4 is 15.9 Å². The lowest BCUT2D eigenvalue weighted by molar-refractivity contribution is 0.0786. The number of benzene rings is 2. The van der Waals surface area contributed by atoms with Gasteiger partial charge in [0, 0.05) is 30.6 Å². The molecule has 0 bridgehead atoms. The van der Waals surface area contributed by atoms with Crippen LogP contribution in [0.5, 0.6) is 11.5 Å². The Morgan fingerprint density at radius 1 is 1.09 bits per heavy atom. The summed E-state index contributed by atoms with van der Waals surface area (Å²) in [4.78, 5) is 12.7. The molecule has 0 aliphatic heterocycles. The van der Waals surface area contributed by atoms with E-state index in [1.54, 1.807) is 48.3 Å². The zero-order chi connectivity index (χ0) is 23.6. The monoisotopic (exact) mass is 471 g/mol. The molecule has 1 amide bonds. The predicted molar refractivity (Wildman–Crippen MR) is 120 cm³/mol. The van der Waals surface area contributed by atoms with Crippen molar-refractivity contribution < 1.29 is 27.4 Å². The second kappa shape index (κ2) is 8.87. The fourth-order valence-corrected chi connectivity index (χ4v) is 4.89. The molecule has 1 N–H and O–H groups in total. The second-order valence-electron chi connectivity index (χ2n) is 7.73. The van der Waals surface area contributed by atoms with E-state index < -0.39 is 21.5 Å². The molecule has 1 saturated carbocycles. The highest BCUT2D eigenvalue weighted by Gasteiger charge is 2.45. The van der Waals surface area contributed by atoms with Crippen LogP contribution in [-0.4, -0.2) is 45.4 Å². The molecule has 1 aliphatic rings. The van der Waals surface area contributed by atoms with Crippen LogP contribution in [0.1, 0.15) is 34.3 Å². The number of hydrogen-bond donors (Lipinski definition) is 1. The molecule has 1 fully saturated rings. The number of aromatic nitrogens is 2. The lowest BCUT2D eigenvalue weighted by Gasteiger charge is -2.17. The molecular formula is C23H25N3O6S. The van der Waals surface area contributed by atoms with Gasteiger partial charge < -0.3 is 14.2 Å². The summed E-state index contributed by atoms with van der Waals surface area (Å²) in [5.74, 6) is -0.191. The molecule has 9 nitrogen and oxygen atoms in total. The quantitative estimate of drug-likeness (QED) is 0.511. The number of carbonyl (C=O) groups is 1. The molecule has 1 aromatic heterocycles. The van der Waals surface area contributed by atoms with Gasteiger partial charge in [0.2, 0.25) is 0 Å². The fraction of sp³-hybridized carbons (Fsp3) is 0.304. The van der Waals surface area contributed by atoms with Gasteiger partial charge >= 0.3 is 0 Å². The summed E-state index contributed by atoms with van der Waals surface area (Å²) in [7, 11) is 0.238. The van der Waals surface area contributed by atoms with Gasteiger partial charge in [0.1, 0.15) is 16.4 Å². The van der Waals surface area contributed by atoms with Crippen molar-refractivity contribution in [2.24, 2.45) is 0 Å². The third-order valence-corrected chi connectivity index (χ3v) is 7.09. The maximum absolute atomic E-state index is 13.1. The highest BCUT2D eigenvalue weighted by Crippen LogP contribution is 2.49. The third kappa shape index (κ3) is 4.57. The molecule has 0 atom stereocenters. The second-order valence-corrected chi connectivity index (χ2v) is 9.38. The number of nitrogens with one attached hydrogen (secondary N) is 1. The van der Waals surface area contributed by atoms with Gasteiger partial charge in [-0.1, -0.05) is 12.1 Å². The Labute approximate surface area is 192 Å². The van der Waals surface area contributed by atoms with Crippen LogP contribution < -0.4 is 14.2 Å². The lowest BCUT2D eigenvalue weighted by Crippen LogP contribution is -2.31. The van der Waals surface area contributed by atoms with Gasteiger partial charge in [-0.2, -0.15) is 5.10 Å². The number of amides is 1. The Morgan fingerprint density at radius 3 is 2.45 bits per heavy atom. The van der Waals surface area contributed by atoms with E-state index in [1.807, 2.05) is 6.20 Å². The number of methoxy groups -OCH3 is 3. The van der Waals surface area contributed by atoms with E-state index >= 15 is 0 Å². The summed E-state index contributed by atoms with van der Waals surface area (Å²) in [5.41, 5.74) is 1.18. The summed E-state index contributed by atoms with van der Waals surface area (Å²) >= 11 is 0. The van der Waals surface area contributed by atoms with Gasteiger partial charge in [-0.3, -0.25) is 9.48 Å². The number of ether oxygens (including phenoxy) is 3. The Morgan fingerprint density at radius 2 is 1.85 bits per heavy atom. The molecule has 33 heavy (non-hydrogen) atoms. The Hall–Kier alpha value is -3.37. The minimum absolute atomic E-state index is 0.124. The van der Waals surface area contributed by atoms with E-state index in [0.717, 1.165) is 24.0 Å². The molecule has 1 aliphatic carbocycles. The number of hydrogen-bond acceptors (Lipinski definition) is 7. The van der Waals surface area contributed by atoms with Crippen molar-refractivity contribution in [2.45, 2.75) is 29.9 Å². The minimum atomic E-state index is -4.22. The van der Waals surface area contributed by atoms with Gasteiger partial charge in [-0.25, -0.2) is 13.1 Å². The van der Waals surface area contributed by atoms with Gasteiger partial charge in [0.15, 0.2) is 0 Å². The Kier molecular flexibility index (Phi) is 6.13. The van der Waals surface area contributed by atoms with Crippen molar-refractivity contribution in [1.82, 2.24) is 14.5 Å². The van der Waals surface area contributed by atoms with Gasteiger partial charge in [0.25, 0.3) is 15.9 Å². The first-order chi connectivity index (χ1) is 15.8. The van der Waals surface area contributed by atoms with Crippen molar-refractivity contribution in [2.75, 3.05) is 21.3 Å². The number of rotatable bonds is 9. The third-order valence-electron chi connectivity index (χ3n) is 5.74. The molecule has 0 saturated heterocycles. The van der Waals surface area contributed by atoms with Gasteiger partial charge in [0.05, 0.1) is 26.4 Å². The largest absolute Gasteiger partial charge is 0.496 e. The molecule has 0 unspecified atom stereocenters. The first-order valence-corrected chi connectivity index (χ1v) is 11.8. The van der Waals surface area contributed by atoms with Crippen LogP contribution in [0.25, 0.3) is 0 Å². The lowest BCUT2D eigenvalue weighted by atomic mass is 10.1. The fourth-order valence-electron chi connectivity index (χ4n) is 3.72. The maximum Gasteiger partial charge on any atom is 0.268 e. The standard InChI is InChI=1S/C23H25N3O6S/c1-30-19-8-7-18(23(32-3)9-10-23)14-21(19)33(28,29)25-22(27)16-5-6-17(20(13-16)31-2)15-26-12-4-11-24-26/h4-8,11-14H,9-10,15H2,1-3H3,(H,25,27). The number of nitrogens with zero attached hydrogens (tertiary/aromatic N) is 2. The van der Waals surface area contributed by atoms with E-state index in [-0.39, 0.29) is 16.2 Å². The molecule has 174 valence electrons.